The number of ether oxygens (including phenoxy) is 2. The molecule has 4 nitrogen and oxygen atoms in total. The van der Waals surface area contributed by atoms with Crippen LogP contribution in [0.4, 0.5) is 0 Å². The Hall–Kier alpha value is -0.970. The van der Waals surface area contributed by atoms with Gasteiger partial charge in [0, 0.05) is 10.8 Å². The molecule has 0 aromatic rings. The smallest absolute Gasteiger partial charge is 0.333 e. The normalized spacial score (nSPS) is 31.3. The molecule has 0 spiro atoms. The molecule has 0 aliphatic heterocycles. The zero-order chi connectivity index (χ0) is 17.7. The Balaban J connectivity index is 2.38. The van der Waals surface area contributed by atoms with E-state index in [1.165, 1.54) is 13.5 Å². The van der Waals surface area contributed by atoms with Crippen LogP contribution in [0.25, 0.3) is 0 Å². The van der Waals surface area contributed by atoms with E-state index in [9.17, 15) is 9.59 Å². The van der Waals surface area contributed by atoms with E-state index in [4.69, 9.17) is 9.47 Å². The fourth-order valence-electron chi connectivity index (χ4n) is 4.34. The van der Waals surface area contributed by atoms with Crippen LogP contribution in [0, 0.1) is 11.8 Å². The van der Waals surface area contributed by atoms with Crippen molar-refractivity contribution in [2.75, 3.05) is 13.4 Å². The summed E-state index contributed by atoms with van der Waals surface area (Å²) < 4.78 is 11.2. The zero-order valence-electron chi connectivity index (χ0n) is 15.1. The molecule has 0 radical (unpaired) electrons. The average Bonchev–Trinajstić information content (AvgIpc) is 2.61. The molecule has 2 aliphatic rings. The van der Waals surface area contributed by atoms with Gasteiger partial charge in [0.2, 0.25) is 0 Å². The maximum absolute atomic E-state index is 12.6. The molecule has 0 aromatic carbocycles. The Morgan fingerprint density at radius 3 is 2.38 bits per heavy atom. The molecule has 0 saturated heterocycles. The molecule has 2 aliphatic carbocycles. The Kier molecular flexibility index (Phi) is 6.79. The molecule has 2 rings (SSSR count). The maximum Gasteiger partial charge on any atom is 0.333 e. The van der Waals surface area contributed by atoms with Crippen LogP contribution in [-0.4, -0.2) is 36.2 Å². The van der Waals surface area contributed by atoms with Crippen molar-refractivity contribution < 1.29 is 19.1 Å². The van der Waals surface area contributed by atoms with Gasteiger partial charge in [0.1, 0.15) is 5.60 Å². The number of hydrogen-bond donors (Lipinski definition) is 0. The maximum atomic E-state index is 12.6. The van der Waals surface area contributed by atoms with Crippen LogP contribution in [0.15, 0.2) is 12.2 Å². The quantitative estimate of drug-likeness (QED) is 0.549. The first kappa shape index (κ1) is 19.4. The third-order valence-corrected chi connectivity index (χ3v) is 6.79. The summed E-state index contributed by atoms with van der Waals surface area (Å²) >= 11 is 1.78. The average molecular weight is 355 g/mol. The van der Waals surface area contributed by atoms with Gasteiger partial charge in [-0.25, -0.2) is 4.79 Å². The fourth-order valence-corrected chi connectivity index (χ4v) is 5.08. The minimum absolute atomic E-state index is 0.237. The van der Waals surface area contributed by atoms with E-state index in [0.717, 1.165) is 38.5 Å². The highest BCUT2D eigenvalue weighted by Crippen LogP contribution is 2.50. The Morgan fingerprint density at radius 1 is 1.17 bits per heavy atom. The molecular formula is C19H30O4S. The van der Waals surface area contributed by atoms with E-state index < -0.39 is 5.60 Å². The summed E-state index contributed by atoms with van der Waals surface area (Å²) in [7, 11) is 1.43. The molecule has 24 heavy (non-hydrogen) atoms. The lowest BCUT2D eigenvalue weighted by atomic mass is 9.64. The van der Waals surface area contributed by atoms with Gasteiger partial charge in [0.25, 0.3) is 0 Å². The van der Waals surface area contributed by atoms with Gasteiger partial charge in [0.15, 0.2) is 0 Å². The van der Waals surface area contributed by atoms with Crippen LogP contribution < -0.4 is 0 Å². The SMILES string of the molecule is C=C(C)C(=O)OC1(C2CCCCC2)CCC(SC)CC1C(=O)OC. The molecule has 0 heterocycles. The zero-order valence-corrected chi connectivity index (χ0v) is 16.0. The lowest BCUT2D eigenvalue weighted by Crippen LogP contribution is -2.56. The first-order valence-electron chi connectivity index (χ1n) is 8.94. The Morgan fingerprint density at radius 2 is 1.83 bits per heavy atom. The van der Waals surface area contributed by atoms with Crippen LogP contribution in [-0.2, 0) is 19.1 Å². The second-order valence-electron chi connectivity index (χ2n) is 7.17. The number of methoxy groups -OCH3 is 1. The number of carbonyl (C=O) groups excluding carboxylic acids is 2. The van der Waals surface area contributed by atoms with Crippen molar-refractivity contribution in [2.24, 2.45) is 11.8 Å². The number of hydrogen-bond acceptors (Lipinski definition) is 5. The van der Waals surface area contributed by atoms with Gasteiger partial charge in [-0.05, 0) is 51.2 Å². The molecule has 0 N–H and O–H groups in total. The monoisotopic (exact) mass is 354 g/mol. The molecule has 0 aromatic heterocycles. The van der Waals surface area contributed by atoms with Crippen molar-refractivity contribution >= 4 is 23.7 Å². The third kappa shape index (κ3) is 3.98. The van der Waals surface area contributed by atoms with Gasteiger partial charge >= 0.3 is 11.9 Å². The van der Waals surface area contributed by atoms with Crippen LogP contribution in [0.1, 0.15) is 58.3 Å². The summed E-state index contributed by atoms with van der Waals surface area (Å²) in [6.07, 6.45) is 10.0. The highest BCUT2D eigenvalue weighted by Gasteiger charge is 2.55. The molecule has 3 unspecified atom stereocenters. The lowest BCUT2D eigenvalue weighted by Gasteiger charge is -2.49. The minimum atomic E-state index is -0.726. The molecule has 2 fully saturated rings. The van der Waals surface area contributed by atoms with E-state index in [0.29, 0.717) is 17.2 Å². The number of rotatable bonds is 5. The van der Waals surface area contributed by atoms with Crippen molar-refractivity contribution in [3.63, 3.8) is 0 Å². The van der Waals surface area contributed by atoms with Crippen LogP contribution in [0.3, 0.4) is 0 Å². The summed E-state index contributed by atoms with van der Waals surface area (Å²) in [5, 5.41) is 0.411. The highest BCUT2D eigenvalue weighted by molar-refractivity contribution is 7.99. The fraction of sp³-hybridized carbons (Fsp3) is 0.789. The number of carbonyl (C=O) groups is 2. The van der Waals surface area contributed by atoms with Gasteiger partial charge in [0.05, 0.1) is 13.0 Å². The van der Waals surface area contributed by atoms with Crippen molar-refractivity contribution in [3.8, 4) is 0 Å². The molecule has 2 saturated carbocycles. The van der Waals surface area contributed by atoms with Crippen molar-refractivity contribution in [3.05, 3.63) is 12.2 Å². The van der Waals surface area contributed by atoms with Crippen molar-refractivity contribution in [1.82, 2.24) is 0 Å². The predicted molar refractivity (Wildman–Crippen MR) is 96.9 cm³/mol. The van der Waals surface area contributed by atoms with Crippen LogP contribution in [0.2, 0.25) is 0 Å². The molecule has 136 valence electrons. The van der Waals surface area contributed by atoms with E-state index in [1.54, 1.807) is 18.7 Å². The molecular weight excluding hydrogens is 324 g/mol. The standard InChI is InChI=1S/C19H30O4S/c1-13(2)17(20)23-19(14-8-6-5-7-9-14)11-10-15(24-4)12-16(19)18(21)22-3/h14-16H,1,5-12H2,2-4H3. The Bertz CT molecular complexity index is 484. The van der Waals surface area contributed by atoms with Crippen LogP contribution >= 0.6 is 11.8 Å². The topological polar surface area (TPSA) is 52.6 Å². The summed E-state index contributed by atoms with van der Waals surface area (Å²) in [5.74, 6) is -0.757. The van der Waals surface area contributed by atoms with Crippen molar-refractivity contribution in [1.29, 1.82) is 0 Å². The summed E-state index contributed by atoms with van der Waals surface area (Å²) in [5.41, 5.74) is -0.337. The third-order valence-electron chi connectivity index (χ3n) is 5.69. The highest BCUT2D eigenvalue weighted by atomic mass is 32.2. The summed E-state index contributed by atoms with van der Waals surface area (Å²) in [6, 6.07) is 0. The second-order valence-corrected chi connectivity index (χ2v) is 8.31. The first-order chi connectivity index (χ1) is 11.4. The van der Waals surface area contributed by atoms with Gasteiger partial charge in [-0.1, -0.05) is 25.8 Å². The summed E-state index contributed by atoms with van der Waals surface area (Å²) in [4.78, 5) is 25.0. The molecule has 5 heteroatoms. The lowest BCUT2D eigenvalue weighted by molar-refractivity contribution is -0.189. The van der Waals surface area contributed by atoms with E-state index >= 15 is 0 Å². The van der Waals surface area contributed by atoms with Gasteiger partial charge in [-0.3, -0.25) is 4.79 Å². The minimum Gasteiger partial charge on any atom is -0.469 e. The Labute approximate surface area is 149 Å². The second kappa shape index (κ2) is 8.41. The number of esters is 2. The predicted octanol–water partition coefficient (Wildman–Crippen LogP) is 4.13. The molecule has 0 amide bonds. The number of thioether (sulfide) groups is 1. The largest absolute Gasteiger partial charge is 0.469 e. The van der Waals surface area contributed by atoms with Gasteiger partial charge in [-0.15, -0.1) is 0 Å². The first-order valence-corrected chi connectivity index (χ1v) is 10.2. The van der Waals surface area contributed by atoms with Crippen molar-refractivity contribution in [2.45, 2.75) is 69.1 Å². The van der Waals surface area contributed by atoms with E-state index in [2.05, 4.69) is 12.8 Å². The van der Waals surface area contributed by atoms with E-state index in [1.807, 2.05) is 0 Å². The molecule has 3 atom stereocenters. The van der Waals surface area contributed by atoms with E-state index in [-0.39, 0.29) is 23.8 Å². The van der Waals surface area contributed by atoms with Gasteiger partial charge < -0.3 is 9.47 Å². The molecule has 0 bridgehead atoms. The van der Waals surface area contributed by atoms with Crippen LogP contribution in [0.5, 0.6) is 0 Å². The summed E-state index contributed by atoms with van der Waals surface area (Å²) in [6.45, 7) is 5.39. The van der Waals surface area contributed by atoms with Gasteiger partial charge in [-0.2, -0.15) is 11.8 Å².